The Balaban J connectivity index is 2.26. The predicted octanol–water partition coefficient (Wildman–Crippen LogP) is 1.98. The molecule has 3 nitrogen and oxygen atoms in total. The lowest BCUT2D eigenvalue weighted by atomic mass is 10.1. The van der Waals surface area contributed by atoms with Crippen LogP contribution in [-0.4, -0.2) is 4.98 Å². The smallest absolute Gasteiger partial charge is 0.141 e. The van der Waals surface area contributed by atoms with E-state index in [1.807, 2.05) is 0 Å². The summed E-state index contributed by atoms with van der Waals surface area (Å²) in [7, 11) is 0. The fourth-order valence-corrected chi connectivity index (χ4v) is 1.48. The first-order chi connectivity index (χ1) is 7.65. The summed E-state index contributed by atoms with van der Waals surface area (Å²) in [5.74, 6) is -0.343. The molecule has 2 aromatic rings. The Morgan fingerprint density at radius 3 is 2.62 bits per heavy atom. The molecule has 0 saturated heterocycles. The summed E-state index contributed by atoms with van der Waals surface area (Å²) < 4.78 is 12.7. The van der Waals surface area contributed by atoms with Crippen LogP contribution in [0.4, 0.5) is 15.8 Å². The van der Waals surface area contributed by atoms with E-state index in [0.717, 1.165) is 11.3 Å². The predicted molar refractivity (Wildman–Crippen MR) is 62.3 cm³/mol. The van der Waals surface area contributed by atoms with Gasteiger partial charge in [0.15, 0.2) is 0 Å². The van der Waals surface area contributed by atoms with Gasteiger partial charge in [-0.2, -0.15) is 0 Å². The molecule has 0 bridgehead atoms. The highest BCUT2D eigenvalue weighted by Gasteiger charge is 2.03. The summed E-state index contributed by atoms with van der Waals surface area (Å²) in [6.07, 6.45) is 1.75. The minimum atomic E-state index is -0.343. The van der Waals surface area contributed by atoms with E-state index in [1.54, 1.807) is 24.3 Å². The number of hydrogen-bond acceptors (Lipinski definition) is 3. The topological polar surface area (TPSA) is 64.9 Å². The van der Waals surface area contributed by atoms with E-state index >= 15 is 0 Å². The number of benzene rings is 1. The minimum Gasteiger partial charge on any atom is -0.399 e. The van der Waals surface area contributed by atoms with Crippen molar-refractivity contribution >= 4 is 11.4 Å². The molecule has 4 N–H and O–H groups in total. The van der Waals surface area contributed by atoms with Crippen molar-refractivity contribution in [3.63, 3.8) is 0 Å². The van der Waals surface area contributed by atoms with Crippen LogP contribution < -0.4 is 11.5 Å². The molecule has 0 amide bonds. The van der Waals surface area contributed by atoms with Gasteiger partial charge in [0, 0.05) is 23.5 Å². The second-order valence-corrected chi connectivity index (χ2v) is 3.60. The largest absolute Gasteiger partial charge is 0.399 e. The Morgan fingerprint density at radius 2 is 1.94 bits per heavy atom. The van der Waals surface area contributed by atoms with Crippen LogP contribution in [0.5, 0.6) is 0 Å². The lowest BCUT2D eigenvalue weighted by molar-refractivity contribution is 0.619. The number of halogens is 1. The summed E-state index contributed by atoms with van der Waals surface area (Å²) in [5, 5.41) is 0. The zero-order chi connectivity index (χ0) is 11.5. The number of nitrogen functional groups attached to an aromatic ring is 2. The highest BCUT2D eigenvalue weighted by molar-refractivity contribution is 5.56. The van der Waals surface area contributed by atoms with Crippen LogP contribution in [0.1, 0.15) is 11.3 Å². The molecule has 0 fully saturated rings. The number of anilines is 2. The fourth-order valence-electron chi connectivity index (χ4n) is 1.48. The molecule has 0 aliphatic carbocycles. The van der Waals surface area contributed by atoms with Crippen molar-refractivity contribution in [3.8, 4) is 0 Å². The van der Waals surface area contributed by atoms with E-state index in [0.29, 0.717) is 17.8 Å². The van der Waals surface area contributed by atoms with Gasteiger partial charge in [0.2, 0.25) is 0 Å². The van der Waals surface area contributed by atoms with Gasteiger partial charge in [-0.05, 0) is 35.9 Å². The Morgan fingerprint density at radius 1 is 1.12 bits per heavy atom. The minimum absolute atomic E-state index is 0.343. The number of hydrogen-bond donors (Lipinski definition) is 2. The third-order valence-corrected chi connectivity index (χ3v) is 2.33. The van der Waals surface area contributed by atoms with Crippen molar-refractivity contribution in [3.05, 3.63) is 53.6 Å². The number of pyridine rings is 1. The summed E-state index contributed by atoms with van der Waals surface area (Å²) in [6.45, 7) is 0. The monoisotopic (exact) mass is 217 g/mol. The summed E-state index contributed by atoms with van der Waals surface area (Å²) in [6, 6.07) is 8.33. The van der Waals surface area contributed by atoms with Gasteiger partial charge < -0.3 is 11.5 Å². The van der Waals surface area contributed by atoms with Gasteiger partial charge in [-0.15, -0.1) is 0 Å². The fraction of sp³-hybridized carbons (Fsp3) is 0.0833. The second-order valence-electron chi connectivity index (χ2n) is 3.60. The van der Waals surface area contributed by atoms with Crippen LogP contribution in [-0.2, 0) is 6.42 Å². The van der Waals surface area contributed by atoms with Gasteiger partial charge in [-0.1, -0.05) is 0 Å². The highest BCUT2D eigenvalue weighted by atomic mass is 19.1. The van der Waals surface area contributed by atoms with Crippen molar-refractivity contribution in [2.45, 2.75) is 6.42 Å². The Bertz CT molecular complexity index is 494. The molecule has 0 aliphatic heterocycles. The van der Waals surface area contributed by atoms with Crippen molar-refractivity contribution in [2.24, 2.45) is 0 Å². The molecular formula is C12H12FN3. The van der Waals surface area contributed by atoms with Gasteiger partial charge in [-0.3, -0.25) is 4.98 Å². The molecule has 0 saturated carbocycles. The maximum Gasteiger partial charge on any atom is 0.141 e. The Hall–Kier alpha value is -2.10. The molecular weight excluding hydrogens is 205 g/mol. The average molecular weight is 217 g/mol. The second kappa shape index (κ2) is 4.18. The number of rotatable bonds is 2. The third kappa shape index (κ3) is 2.28. The molecule has 0 atom stereocenters. The van der Waals surface area contributed by atoms with E-state index < -0.39 is 0 Å². The Labute approximate surface area is 92.9 Å². The SMILES string of the molecule is Nc1ccc(N)c(Cc2ccc(F)cn2)c1. The zero-order valence-electron chi connectivity index (χ0n) is 8.65. The molecule has 82 valence electrons. The van der Waals surface area contributed by atoms with Crippen LogP contribution in [0.25, 0.3) is 0 Å². The summed E-state index contributed by atoms with van der Waals surface area (Å²) >= 11 is 0. The quantitative estimate of drug-likeness (QED) is 0.756. The normalized spacial score (nSPS) is 10.3. The van der Waals surface area contributed by atoms with Gasteiger partial charge in [0.25, 0.3) is 0 Å². The molecule has 0 unspecified atom stereocenters. The van der Waals surface area contributed by atoms with E-state index in [1.165, 1.54) is 12.3 Å². The first kappa shape index (κ1) is 10.4. The van der Waals surface area contributed by atoms with Gasteiger partial charge in [-0.25, -0.2) is 4.39 Å². The van der Waals surface area contributed by atoms with Gasteiger partial charge >= 0.3 is 0 Å². The van der Waals surface area contributed by atoms with E-state index in [9.17, 15) is 4.39 Å². The molecule has 16 heavy (non-hydrogen) atoms. The maximum atomic E-state index is 12.7. The van der Waals surface area contributed by atoms with Crippen LogP contribution in [0.3, 0.4) is 0 Å². The molecule has 4 heteroatoms. The molecule has 0 spiro atoms. The molecule has 2 rings (SSSR count). The first-order valence-corrected chi connectivity index (χ1v) is 4.89. The standard InChI is InChI=1S/C12H12FN3/c13-9-1-3-11(16-7-9)6-8-5-10(14)2-4-12(8)15/h1-5,7H,6,14-15H2. The van der Waals surface area contributed by atoms with Crippen LogP contribution in [0, 0.1) is 5.82 Å². The number of nitrogens with two attached hydrogens (primary N) is 2. The lowest BCUT2D eigenvalue weighted by Gasteiger charge is -2.06. The van der Waals surface area contributed by atoms with Crippen molar-refractivity contribution in [2.75, 3.05) is 11.5 Å². The summed E-state index contributed by atoms with van der Waals surface area (Å²) in [4.78, 5) is 3.97. The number of aromatic nitrogens is 1. The van der Waals surface area contributed by atoms with Crippen LogP contribution in [0.2, 0.25) is 0 Å². The lowest BCUT2D eigenvalue weighted by Crippen LogP contribution is -1.99. The molecule has 0 radical (unpaired) electrons. The van der Waals surface area contributed by atoms with E-state index in [2.05, 4.69) is 4.98 Å². The van der Waals surface area contributed by atoms with Gasteiger partial charge in [0.05, 0.1) is 6.20 Å². The van der Waals surface area contributed by atoms with E-state index in [-0.39, 0.29) is 5.82 Å². The molecule has 1 aromatic carbocycles. The molecule has 1 heterocycles. The van der Waals surface area contributed by atoms with Crippen molar-refractivity contribution in [1.82, 2.24) is 4.98 Å². The van der Waals surface area contributed by atoms with Crippen LogP contribution >= 0.6 is 0 Å². The third-order valence-electron chi connectivity index (χ3n) is 2.33. The van der Waals surface area contributed by atoms with Crippen molar-refractivity contribution < 1.29 is 4.39 Å². The van der Waals surface area contributed by atoms with Gasteiger partial charge in [0.1, 0.15) is 5.82 Å². The molecule has 0 aliphatic rings. The number of nitrogens with zero attached hydrogens (tertiary/aromatic N) is 1. The average Bonchev–Trinajstić information content (AvgIpc) is 2.27. The zero-order valence-corrected chi connectivity index (χ0v) is 8.65. The van der Waals surface area contributed by atoms with Crippen LogP contribution in [0.15, 0.2) is 36.5 Å². The highest BCUT2D eigenvalue weighted by Crippen LogP contribution is 2.18. The summed E-state index contributed by atoms with van der Waals surface area (Å²) in [5.41, 5.74) is 14.5. The van der Waals surface area contributed by atoms with Crippen molar-refractivity contribution in [1.29, 1.82) is 0 Å². The first-order valence-electron chi connectivity index (χ1n) is 4.89. The maximum absolute atomic E-state index is 12.7. The van der Waals surface area contributed by atoms with E-state index in [4.69, 9.17) is 11.5 Å². The Kier molecular flexibility index (Phi) is 2.72. The molecule has 1 aromatic heterocycles.